The summed E-state index contributed by atoms with van der Waals surface area (Å²) in [4.78, 5) is 16.6. The summed E-state index contributed by atoms with van der Waals surface area (Å²) < 4.78 is 38.3. The normalized spacial score (nSPS) is 10.8. The van der Waals surface area contributed by atoms with Gasteiger partial charge in [-0.2, -0.15) is 0 Å². The van der Waals surface area contributed by atoms with Gasteiger partial charge < -0.3 is 9.47 Å². The average Bonchev–Trinajstić information content (AvgIpc) is 2.61. The Bertz CT molecular complexity index is 955. The molecule has 0 saturated carbocycles. The van der Waals surface area contributed by atoms with Gasteiger partial charge in [-0.05, 0) is 44.2 Å². The third-order valence-electron chi connectivity index (χ3n) is 3.78. The van der Waals surface area contributed by atoms with Gasteiger partial charge in [0.2, 0.25) is 0 Å². The topological polar surface area (TPSA) is 48.4 Å². The monoisotopic (exact) mass is 357 g/mol. The van der Waals surface area contributed by atoms with Crippen LogP contribution in [-0.4, -0.2) is 24.2 Å². The van der Waals surface area contributed by atoms with Crippen LogP contribution >= 0.6 is 0 Å². The maximum atomic E-state index is 14.3. The van der Waals surface area contributed by atoms with Crippen molar-refractivity contribution in [2.24, 2.45) is 0 Å². The second kappa shape index (κ2) is 7.47. The molecule has 2 aromatic carbocycles. The molecule has 0 aliphatic heterocycles. The first kappa shape index (κ1) is 17.8. The van der Waals surface area contributed by atoms with Gasteiger partial charge in [-0.1, -0.05) is 0 Å². The van der Waals surface area contributed by atoms with Crippen molar-refractivity contribution < 1.29 is 23.0 Å². The summed E-state index contributed by atoms with van der Waals surface area (Å²) in [5.41, 5.74) is 1.16. The summed E-state index contributed by atoms with van der Waals surface area (Å²) in [7, 11) is 0. The van der Waals surface area contributed by atoms with Gasteiger partial charge in [0.05, 0.1) is 35.4 Å². The van der Waals surface area contributed by atoms with Crippen molar-refractivity contribution in [1.29, 1.82) is 0 Å². The van der Waals surface area contributed by atoms with Crippen molar-refractivity contribution in [3.8, 4) is 17.0 Å². The third kappa shape index (κ3) is 3.49. The molecule has 3 aromatic rings. The molecule has 6 heteroatoms. The Labute approximate surface area is 149 Å². The average molecular weight is 357 g/mol. The fourth-order valence-electron chi connectivity index (χ4n) is 2.69. The van der Waals surface area contributed by atoms with E-state index < -0.39 is 17.6 Å². The molecule has 0 amide bonds. The molecule has 1 aromatic heterocycles. The Morgan fingerprint density at radius 3 is 2.42 bits per heavy atom. The molecule has 3 rings (SSSR count). The van der Waals surface area contributed by atoms with Crippen LogP contribution < -0.4 is 4.74 Å². The third-order valence-corrected chi connectivity index (χ3v) is 3.78. The van der Waals surface area contributed by atoms with Crippen molar-refractivity contribution in [3.63, 3.8) is 0 Å². The SMILES string of the molecule is CCOC(=O)c1cc(-c2ccc(OCC)cc2)nc2cc(F)cc(F)c12. The number of carbonyl (C=O) groups excluding carboxylic acids is 1. The number of esters is 1. The van der Waals surface area contributed by atoms with Gasteiger partial charge in [0, 0.05) is 17.7 Å². The van der Waals surface area contributed by atoms with Crippen LogP contribution in [0.25, 0.3) is 22.2 Å². The van der Waals surface area contributed by atoms with E-state index in [1.807, 2.05) is 6.92 Å². The van der Waals surface area contributed by atoms with Gasteiger partial charge in [0.1, 0.15) is 17.4 Å². The number of carbonyl (C=O) groups is 1. The minimum Gasteiger partial charge on any atom is -0.494 e. The number of pyridine rings is 1. The summed E-state index contributed by atoms with van der Waals surface area (Å²) in [5, 5.41) is -0.0560. The number of rotatable bonds is 5. The van der Waals surface area contributed by atoms with E-state index in [-0.39, 0.29) is 23.1 Å². The number of hydrogen-bond donors (Lipinski definition) is 0. The van der Waals surface area contributed by atoms with Crippen LogP contribution in [0.2, 0.25) is 0 Å². The number of aromatic nitrogens is 1. The van der Waals surface area contributed by atoms with Crippen LogP contribution in [0.5, 0.6) is 5.75 Å². The van der Waals surface area contributed by atoms with Crippen molar-refractivity contribution >= 4 is 16.9 Å². The van der Waals surface area contributed by atoms with Crippen molar-refractivity contribution in [1.82, 2.24) is 4.98 Å². The lowest BCUT2D eigenvalue weighted by Gasteiger charge is -2.11. The molecule has 0 N–H and O–H groups in total. The molecule has 0 spiro atoms. The summed E-state index contributed by atoms with van der Waals surface area (Å²) >= 11 is 0. The molecular formula is C20H17F2NO3. The van der Waals surface area contributed by atoms with Gasteiger partial charge >= 0.3 is 5.97 Å². The van der Waals surface area contributed by atoms with Crippen LogP contribution in [0, 0.1) is 11.6 Å². The van der Waals surface area contributed by atoms with E-state index in [1.165, 1.54) is 6.07 Å². The smallest absolute Gasteiger partial charge is 0.338 e. The Morgan fingerprint density at radius 2 is 1.77 bits per heavy atom. The van der Waals surface area contributed by atoms with Crippen LogP contribution in [0.3, 0.4) is 0 Å². The summed E-state index contributed by atoms with van der Waals surface area (Å²) in [5.74, 6) is -1.60. The quantitative estimate of drug-likeness (QED) is 0.618. The number of ether oxygens (including phenoxy) is 2. The number of nitrogens with zero attached hydrogens (tertiary/aromatic N) is 1. The van der Waals surface area contributed by atoms with Crippen molar-refractivity contribution in [2.75, 3.05) is 13.2 Å². The maximum Gasteiger partial charge on any atom is 0.338 e. The number of hydrogen-bond acceptors (Lipinski definition) is 4. The summed E-state index contributed by atoms with van der Waals surface area (Å²) in [6.45, 7) is 4.22. The molecule has 0 saturated heterocycles. The number of fused-ring (bicyclic) bond motifs is 1. The maximum absolute atomic E-state index is 14.3. The zero-order chi connectivity index (χ0) is 18.7. The van der Waals surface area contributed by atoms with E-state index in [1.54, 1.807) is 31.2 Å². The molecule has 0 fully saturated rings. The minimum absolute atomic E-state index is 0.0123. The van der Waals surface area contributed by atoms with E-state index in [4.69, 9.17) is 9.47 Å². The van der Waals surface area contributed by atoms with Crippen LogP contribution in [0.1, 0.15) is 24.2 Å². The summed E-state index contributed by atoms with van der Waals surface area (Å²) in [6.07, 6.45) is 0. The lowest BCUT2D eigenvalue weighted by atomic mass is 10.0. The second-order valence-corrected chi connectivity index (χ2v) is 5.51. The van der Waals surface area contributed by atoms with E-state index >= 15 is 0 Å². The zero-order valence-electron chi connectivity index (χ0n) is 14.4. The Balaban J connectivity index is 2.18. The first-order chi connectivity index (χ1) is 12.5. The standard InChI is InChI=1S/C20H17F2NO3/c1-3-25-14-7-5-12(6-8-14)17-11-15(20(24)26-4-2)19-16(22)9-13(21)10-18(19)23-17/h5-11H,3-4H2,1-2H3. The Kier molecular flexibility index (Phi) is 5.11. The highest BCUT2D eigenvalue weighted by molar-refractivity contribution is 6.04. The number of benzene rings is 2. The molecule has 0 aliphatic carbocycles. The van der Waals surface area contributed by atoms with E-state index in [0.717, 1.165) is 12.1 Å². The Hall–Kier alpha value is -3.02. The summed E-state index contributed by atoms with van der Waals surface area (Å²) in [6, 6.07) is 10.3. The van der Waals surface area contributed by atoms with E-state index in [0.29, 0.717) is 23.6 Å². The van der Waals surface area contributed by atoms with Crippen LogP contribution in [0.15, 0.2) is 42.5 Å². The molecule has 0 aliphatic rings. The highest BCUT2D eigenvalue weighted by atomic mass is 19.1. The Morgan fingerprint density at radius 1 is 1.04 bits per heavy atom. The first-order valence-electron chi connectivity index (χ1n) is 8.23. The molecule has 134 valence electrons. The van der Waals surface area contributed by atoms with Gasteiger partial charge in [-0.3, -0.25) is 0 Å². The van der Waals surface area contributed by atoms with Gasteiger partial charge in [0.15, 0.2) is 0 Å². The zero-order valence-corrected chi connectivity index (χ0v) is 14.4. The lowest BCUT2D eigenvalue weighted by molar-refractivity contribution is 0.0528. The van der Waals surface area contributed by atoms with Crippen LogP contribution in [-0.2, 0) is 4.74 Å². The van der Waals surface area contributed by atoms with Gasteiger partial charge in [0.25, 0.3) is 0 Å². The highest BCUT2D eigenvalue weighted by Crippen LogP contribution is 2.29. The van der Waals surface area contributed by atoms with E-state index in [2.05, 4.69) is 4.98 Å². The van der Waals surface area contributed by atoms with Crippen molar-refractivity contribution in [3.05, 3.63) is 59.7 Å². The molecule has 0 atom stereocenters. The van der Waals surface area contributed by atoms with Crippen molar-refractivity contribution in [2.45, 2.75) is 13.8 Å². The molecule has 1 heterocycles. The minimum atomic E-state index is -0.853. The lowest BCUT2D eigenvalue weighted by Crippen LogP contribution is -2.08. The molecule has 4 nitrogen and oxygen atoms in total. The molecule has 0 unspecified atom stereocenters. The fraction of sp³-hybridized carbons (Fsp3) is 0.200. The first-order valence-corrected chi connectivity index (χ1v) is 8.23. The predicted octanol–water partition coefficient (Wildman–Crippen LogP) is 4.76. The molecular weight excluding hydrogens is 340 g/mol. The van der Waals surface area contributed by atoms with Gasteiger partial charge in [-0.25, -0.2) is 18.6 Å². The largest absolute Gasteiger partial charge is 0.494 e. The molecule has 26 heavy (non-hydrogen) atoms. The highest BCUT2D eigenvalue weighted by Gasteiger charge is 2.19. The second-order valence-electron chi connectivity index (χ2n) is 5.51. The van der Waals surface area contributed by atoms with E-state index in [9.17, 15) is 13.6 Å². The molecule has 0 bridgehead atoms. The number of halogens is 2. The fourth-order valence-corrected chi connectivity index (χ4v) is 2.69. The van der Waals surface area contributed by atoms with Gasteiger partial charge in [-0.15, -0.1) is 0 Å². The van der Waals surface area contributed by atoms with Crippen LogP contribution in [0.4, 0.5) is 8.78 Å². The molecule has 0 radical (unpaired) electrons. The predicted molar refractivity (Wildman–Crippen MR) is 94.2 cm³/mol.